The van der Waals surface area contributed by atoms with Gasteiger partial charge < -0.3 is 10.3 Å². The summed E-state index contributed by atoms with van der Waals surface area (Å²) in [4.78, 5) is 20.0. The molecular formula is C20H21N5O. The standard InChI is InChI=1S/C20H21N5O/c1-11(2)12(3)23-19-14-5-4-13(16-7-9-22-25-16)10-15(14)18-17(24-19)6-8-21-20(18)26/h4-12H,1-3H3,(H,21,26)(H,22,25)(H,23,24)/t12-/m0/s1. The van der Waals surface area contributed by atoms with E-state index in [1.54, 1.807) is 12.4 Å². The van der Waals surface area contributed by atoms with Gasteiger partial charge in [0.2, 0.25) is 0 Å². The highest BCUT2D eigenvalue weighted by Crippen LogP contribution is 2.31. The Morgan fingerprint density at radius 3 is 2.65 bits per heavy atom. The Morgan fingerprint density at radius 2 is 1.92 bits per heavy atom. The zero-order valence-electron chi connectivity index (χ0n) is 15.0. The monoisotopic (exact) mass is 347 g/mol. The first-order valence-electron chi connectivity index (χ1n) is 8.76. The summed E-state index contributed by atoms with van der Waals surface area (Å²) >= 11 is 0. The molecule has 6 nitrogen and oxygen atoms in total. The molecule has 0 unspecified atom stereocenters. The molecule has 6 heteroatoms. The molecule has 0 saturated heterocycles. The number of H-pyrrole nitrogens is 2. The van der Waals surface area contributed by atoms with E-state index in [-0.39, 0.29) is 11.6 Å². The van der Waals surface area contributed by atoms with Gasteiger partial charge in [-0.1, -0.05) is 19.9 Å². The topological polar surface area (TPSA) is 86.5 Å². The van der Waals surface area contributed by atoms with Crippen LogP contribution in [0, 0.1) is 5.92 Å². The van der Waals surface area contributed by atoms with E-state index in [0.29, 0.717) is 16.8 Å². The summed E-state index contributed by atoms with van der Waals surface area (Å²) in [5.74, 6) is 1.27. The summed E-state index contributed by atoms with van der Waals surface area (Å²) in [6.45, 7) is 6.48. The Bertz CT molecular complexity index is 1130. The van der Waals surface area contributed by atoms with Crippen LogP contribution in [0.1, 0.15) is 20.8 Å². The number of aromatic amines is 2. The molecule has 0 aliphatic rings. The third kappa shape index (κ3) is 2.73. The Balaban J connectivity index is 2.02. The van der Waals surface area contributed by atoms with Gasteiger partial charge in [-0.15, -0.1) is 0 Å². The number of hydrogen-bond acceptors (Lipinski definition) is 4. The smallest absolute Gasteiger partial charge is 0.258 e. The summed E-state index contributed by atoms with van der Waals surface area (Å²) in [5, 5.41) is 12.9. The second-order valence-corrected chi connectivity index (χ2v) is 6.94. The zero-order chi connectivity index (χ0) is 18.3. The van der Waals surface area contributed by atoms with Gasteiger partial charge in [-0.05, 0) is 37.1 Å². The molecule has 4 rings (SSSR count). The number of benzene rings is 1. The maximum atomic E-state index is 12.5. The lowest BCUT2D eigenvalue weighted by atomic mass is 10.0. The molecule has 1 aromatic carbocycles. The van der Waals surface area contributed by atoms with Crippen molar-refractivity contribution >= 4 is 27.5 Å². The molecule has 0 aliphatic carbocycles. The van der Waals surface area contributed by atoms with Crippen molar-refractivity contribution in [3.05, 3.63) is 53.1 Å². The molecular weight excluding hydrogens is 326 g/mol. The van der Waals surface area contributed by atoms with Crippen LogP contribution in [0.4, 0.5) is 5.82 Å². The van der Waals surface area contributed by atoms with Crippen molar-refractivity contribution in [1.29, 1.82) is 0 Å². The van der Waals surface area contributed by atoms with Crippen molar-refractivity contribution in [2.75, 3.05) is 5.32 Å². The maximum Gasteiger partial charge on any atom is 0.258 e. The number of rotatable bonds is 4. The highest BCUT2D eigenvalue weighted by molar-refractivity contribution is 6.10. The SMILES string of the molecule is CC(C)[C@H](C)Nc1nc2cc[nH]c(=O)c2c2cc(-c3ccn[nH]3)ccc12. The van der Waals surface area contributed by atoms with Crippen molar-refractivity contribution in [1.82, 2.24) is 20.2 Å². The first-order valence-corrected chi connectivity index (χ1v) is 8.76. The normalized spacial score (nSPS) is 12.8. The van der Waals surface area contributed by atoms with Crippen LogP contribution in [-0.2, 0) is 0 Å². The molecule has 3 N–H and O–H groups in total. The Hall–Kier alpha value is -3.15. The number of pyridine rings is 2. The van der Waals surface area contributed by atoms with Crippen LogP contribution in [0.2, 0.25) is 0 Å². The van der Waals surface area contributed by atoms with Gasteiger partial charge in [0.05, 0.1) is 16.6 Å². The van der Waals surface area contributed by atoms with E-state index >= 15 is 0 Å². The second-order valence-electron chi connectivity index (χ2n) is 6.94. The first-order chi connectivity index (χ1) is 12.5. The first kappa shape index (κ1) is 16.3. The van der Waals surface area contributed by atoms with Gasteiger partial charge in [-0.25, -0.2) is 4.98 Å². The molecule has 26 heavy (non-hydrogen) atoms. The number of hydrogen-bond donors (Lipinski definition) is 3. The average molecular weight is 347 g/mol. The summed E-state index contributed by atoms with van der Waals surface area (Å²) in [6, 6.07) is 10.1. The van der Waals surface area contributed by atoms with E-state index in [0.717, 1.165) is 27.8 Å². The molecule has 3 aromatic heterocycles. The summed E-state index contributed by atoms with van der Waals surface area (Å²) < 4.78 is 0. The number of aromatic nitrogens is 4. The molecule has 0 saturated carbocycles. The Kier molecular flexibility index (Phi) is 3.95. The van der Waals surface area contributed by atoms with Crippen LogP contribution in [0.5, 0.6) is 0 Å². The maximum absolute atomic E-state index is 12.5. The van der Waals surface area contributed by atoms with Gasteiger partial charge in [0.25, 0.3) is 5.56 Å². The average Bonchev–Trinajstić information content (AvgIpc) is 3.16. The fourth-order valence-electron chi connectivity index (χ4n) is 3.04. The summed E-state index contributed by atoms with van der Waals surface area (Å²) in [7, 11) is 0. The predicted molar refractivity (Wildman–Crippen MR) is 105 cm³/mol. The Morgan fingerprint density at radius 1 is 1.08 bits per heavy atom. The lowest BCUT2D eigenvalue weighted by Crippen LogP contribution is -2.22. The minimum absolute atomic E-state index is 0.134. The van der Waals surface area contributed by atoms with E-state index < -0.39 is 0 Å². The molecule has 1 atom stereocenters. The molecule has 0 bridgehead atoms. The predicted octanol–water partition coefficient (Wildman–Crippen LogP) is 3.92. The fraction of sp³-hybridized carbons (Fsp3) is 0.250. The highest BCUT2D eigenvalue weighted by atomic mass is 16.1. The van der Waals surface area contributed by atoms with Gasteiger partial charge >= 0.3 is 0 Å². The van der Waals surface area contributed by atoms with Crippen molar-refractivity contribution in [2.45, 2.75) is 26.8 Å². The summed E-state index contributed by atoms with van der Waals surface area (Å²) in [5.41, 5.74) is 2.44. The third-order valence-corrected chi connectivity index (χ3v) is 4.89. The van der Waals surface area contributed by atoms with E-state index in [2.05, 4.69) is 41.3 Å². The Labute approximate surface area is 150 Å². The highest BCUT2D eigenvalue weighted by Gasteiger charge is 2.15. The molecule has 3 heterocycles. The van der Waals surface area contributed by atoms with Crippen molar-refractivity contribution < 1.29 is 0 Å². The quantitative estimate of drug-likeness (QED) is 0.488. The largest absolute Gasteiger partial charge is 0.367 e. The van der Waals surface area contributed by atoms with E-state index in [4.69, 9.17) is 4.98 Å². The van der Waals surface area contributed by atoms with Crippen LogP contribution in [-0.4, -0.2) is 26.2 Å². The zero-order valence-corrected chi connectivity index (χ0v) is 15.0. The van der Waals surface area contributed by atoms with E-state index in [1.807, 2.05) is 30.3 Å². The van der Waals surface area contributed by atoms with Gasteiger partial charge in [0, 0.05) is 34.8 Å². The number of anilines is 1. The lowest BCUT2D eigenvalue weighted by Gasteiger charge is -2.20. The van der Waals surface area contributed by atoms with Gasteiger partial charge in [-0.3, -0.25) is 9.89 Å². The fourth-order valence-corrected chi connectivity index (χ4v) is 3.04. The third-order valence-electron chi connectivity index (χ3n) is 4.89. The number of nitrogens with zero attached hydrogens (tertiary/aromatic N) is 2. The van der Waals surface area contributed by atoms with E-state index in [1.165, 1.54) is 0 Å². The van der Waals surface area contributed by atoms with Crippen molar-refractivity contribution in [3.63, 3.8) is 0 Å². The molecule has 0 spiro atoms. The number of fused-ring (bicyclic) bond motifs is 3. The minimum atomic E-state index is -0.134. The van der Waals surface area contributed by atoms with Crippen LogP contribution in [0.3, 0.4) is 0 Å². The number of nitrogens with one attached hydrogen (secondary N) is 3. The molecule has 0 radical (unpaired) electrons. The van der Waals surface area contributed by atoms with Crippen LogP contribution in [0.15, 0.2) is 47.5 Å². The molecule has 0 fully saturated rings. The van der Waals surface area contributed by atoms with Crippen LogP contribution >= 0.6 is 0 Å². The van der Waals surface area contributed by atoms with Crippen molar-refractivity contribution in [2.24, 2.45) is 5.92 Å². The van der Waals surface area contributed by atoms with Gasteiger partial charge in [0.1, 0.15) is 5.82 Å². The van der Waals surface area contributed by atoms with Crippen molar-refractivity contribution in [3.8, 4) is 11.3 Å². The lowest BCUT2D eigenvalue weighted by molar-refractivity contribution is 0.559. The second kappa shape index (κ2) is 6.29. The summed E-state index contributed by atoms with van der Waals surface area (Å²) in [6.07, 6.45) is 3.35. The molecule has 0 aliphatic heterocycles. The van der Waals surface area contributed by atoms with E-state index in [9.17, 15) is 4.79 Å². The van der Waals surface area contributed by atoms with Gasteiger partial charge in [0.15, 0.2) is 0 Å². The molecule has 4 aromatic rings. The van der Waals surface area contributed by atoms with Gasteiger partial charge in [-0.2, -0.15) is 5.10 Å². The minimum Gasteiger partial charge on any atom is -0.367 e. The van der Waals surface area contributed by atoms with Crippen LogP contribution < -0.4 is 10.9 Å². The van der Waals surface area contributed by atoms with Crippen LogP contribution in [0.25, 0.3) is 32.9 Å². The molecule has 0 amide bonds. The molecule has 132 valence electrons.